The van der Waals surface area contributed by atoms with E-state index >= 15 is 0 Å². The largest absolute Gasteiger partial charge is 0.325 e. The highest BCUT2D eigenvalue weighted by Gasteiger charge is 2.13. The summed E-state index contributed by atoms with van der Waals surface area (Å²) >= 11 is 7.24. The Morgan fingerprint density at radius 1 is 1.38 bits per heavy atom. The molecule has 0 atom stereocenters. The molecule has 7 nitrogen and oxygen atoms in total. The first-order valence-corrected chi connectivity index (χ1v) is 8.87. The third kappa shape index (κ3) is 4.02. The Labute approximate surface area is 159 Å². The molecule has 0 unspecified atom stereocenters. The van der Waals surface area contributed by atoms with Crippen molar-refractivity contribution in [2.45, 2.75) is 5.16 Å². The number of nitrogens with zero attached hydrogens (tertiary/aromatic N) is 5. The molecule has 3 rings (SSSR count). The molecule has 1 amide bonds. The average Bonchev–Trinajstić information content (AvgIpc) is 3.01. The monoisotopic (exact) mass is 384 g/mol. The molecule has 130 valence electrons. The van der Waals surface area contributed by atoms with Crippen molar-refractivity contribution in [1.82, 2.24) is 19.7 Å². The summed E-state index contributed by atoms with van der Waals surface area (Å²) in [4.78, 5) is 16.2. The van der Waals surface area contributed by atoms with Crippen molar-refractivity contribution in [2.75, 3.05) is 11.1 Å². The predicted octanol–water partition coefficient (Wildman–Crippen LogP) is 3.13. The quantitative estimate of drug-likeness (QED) is 0.679. The number of carbonyl (C=O) groups is 1. The lowest BCUT2D eigenvalue weighted by Gasteiger charge is -2.06. The molecule has 1 aromatic carbocycles. The van der Waals surface area contributed by atoms with E-state index in [4.69, 9.17) is 16.9 Å². The second-order valence-electron chi connectivity index (χ2n) is 5.25. The lowest BCUT2D eigenvalue weighted by atomic mass is 10.2. The van der Waals surface area contributed by atoms with Gasteiger partial charge in [0.1, 0.15) is 6.07 Å². The van der Waals surface area contributed by atoms with Gasteiger partial charge >= 0.3 is 0 Å². The number of thioether (sulfide) groups is 1. The van der Waals surface area contributed by atoms with E-state index < -0.39 is 0 Å². The van der Waals surface area contributed by atoms with E-state index in [0.717, 1.165) is 5.56 Å². The number of hydrogen-bond donors (Lipinski definition) is 1. The lowest BCUT2D eigenvalue weighted by Crippen LogP contribution is -2.14. The number of carbonyl (C=O) groups excluding carboxylic acids is 1. The first kappa shape index (κ1) is 17.9. The zero-order valence-corrected chi connectivity index (χ0v) is 15.3. The van der Waals surface area contributed by atoms with Crippen LogP contribution < -0.4 is 5.32 Å². The number of amides is 1. The van der Waals surface area contributed by atoms with Gasteiger partial charge in [0.2, 0.25) is 5.91 Å². The highest BCUT2D eigenvalue weighted by atomic mass is 35.5. The molecular formula is C17H13ClN6OS. The molecule has 0 bridgehead atoms. The number of nitriles is 1. The standard InChI is InChI=1S/C17H13ClN6OS/c1-24-16(12-3-2-6-20-9-12)22-23-17(24)26-10-15(25)21-13-5-4-11(8-19)14(18)7-13/h2-7,9H,10H2,1H3,(H,21,25). The van der Waals surface area contributed by atoms with Gasteiger partial charge in [-0.25, -0.2) is 0 Å². The number of rotatable bonds is 5. The molecule has 0 aliphatic rings. The van der Waals surface area contributed by atoms with Gasteiger partial charge in [0.15, 0.2) is 11.0 Å². The molecule has 1 N–H and O–H groups in total. The average molecular weight is 385 g/mol. The minimum Gasteiger partial charge on any atom is -0.325 e. The predicted molar refractivity (Wildman–Crippen MR) is 99.8 cm³/mol. The molecule has 0 spiro atoms. The molecule has 9 heteroatoms. The minimum atomic E-state index is -0.207. The van der Waals surface area contributed by atoms with Crippen LogP contribution in [-0.4, -0.2) is 31.4 Å². The van der Waals surface area contributed by atoms with Gasteiger partial charge in [-0.1, -0.05) is 23.4 Å². The van der Waals surface area contributed by atoms with Gasteiger partial charge in [0.25, 0.3) is 0 Å². The van der Waals surface area contributed by atoms with Crippen LogP contribution in [0.1, 0.15) is 5.56 Å². The fourth-order valence-corrected chi connectivity index (χ4v) is 3.13. The third-order valence-corrected chi connectivity index (χ3v) is 4.79. The van der Waals surface area contributed by atoms with Crippen LogP contribution in [0.25, 0.3) is 11.4 Å². The molecule has 0 radical (unpaired) electrons. The number of aromatic nitrogens is 4. The van der Waals surface area contributed by atoms with Crippen LogP contribution in [0.2, 0.25) is 5.02 Å². The van der Waals surface area contributed by atoms with Crippen LogP contribution >= 0.6 is 23.4 Å². The van der Waals surface area contributed by atoms with Crippen molar-refractivity contribution in [1.29, 1.82) is 5.26 Å². The summed E-state index contributed by atoms with van der Waals surface area (Å²) in [5, 5.41) is 20.8. The Balaban J connectivity index is 1.63. The maximum atomic E-state index is 12.1. The molecule has 0 aliphatic heterocycles. The number of halogens is 1. The Hall–Kier alpha value is -2.89. The van der Waals surface area contributed by atoms with Crippen molar-refractivity contribution < 1.29 is 4.79 Å². The Kier molecular flexibility index (Phi) is 5.51. The van der Waals surface area contributed by atoms with Crippen LogP contribution in [0.3, 0.4) is 0 Å². The van der Waals surface area contributed by atoms with Gasteiger partial charge in [0.05, 0.1) is 16.3 Å². The van der Waals surface area contributed by atoms with E-state index in [0.29, 0.717) is 27.3 Å². The zero-order valence-electron chi connectivity index (χ0n) is 13.7. The Morgan fingerprint density at radius 2 is 2.23 bits per heavy atom. The number of nitrogens with one attached hydrogen (secondary N) is 1. The second-order valence-corrected chi connectivity index (χ2v) is 6.60. The van der Waals surface area contributed by atoms with E-state index in [1.807, 2.05) is 29.8 Å². The van der Waals surface area contributed by atoms with E-state index in [9.17, 15) is 4.79 Å². The molecule has 26 heavy (non-hydrogen) atoms. The van der Waals surface area contributed by atoms with Crippen molar-refractivity contribution >= 4 is 35.0 Å². The molecular weight excluding hydrogens is 372 g/mol. The summed E-state index contributed by atoms with van der Waals surface area (Å²) in [7, 11) is 1.84. The van der Waals surface area contributed by atoms with Gasteiger partial charge in [-0.2, -0.15) is 5.26 Å². The van der Waals surface area contributed by atoms with Gasteiger partial charge in [-0.3, -0.25) is 9.78 Å². The number of pyridine rings is 1. The SMILES string of the molecule is Cn1c(SCC(=O)Nc2ccc(C#N)c(Cl)c2)nnc1-c1cccnc1. The highest BCUT2D eigenvalue weighted by molar-refractivity contribution is 7.99. The first-order valence-electron chi connectivity index (χ1n) is 7.50. The molecule has 2 heterocycles. The topological polar surface area (TPSA) is 96.5 Å². The molecule has 2 aromatic heterocycles. The van der Waals surface area contributed by atoms with Crippen LogP contribution in [0.5, 0.6) is 0 Å². The summed E-state index contributed by atoms with van der Waals surface area (Å²) in [6.07, 6.45) is 3.40. The number of hydrogen-bond acceptors (Lipinski definition) is 6. The zero-order chi connectivity index (χ0) is 18.5. The summed E-state index contributed by atoms with van der Waals surface area (Å²) in [6, 6.07) is 10.4. The van der Waals surface area contributed by atoms with E-state index in [2.05, 4.69) is 20.5 Å². The number of anilines is 1. The van der Waals surface area contributed by atoms with Gasteiger partial charge in [0, 0.05) is 30.7 Å². The third-order valence-electron chi connectivity index (χ3n) is 3.46. The van der Waals surface area contributed by atoms with E-state index in [1.54, 1.807) is 30.6 Å². The van der Waals surface area contributed by atoms with Gasteiger partial charge in [-0.15, -0.1) is 10.2 Å². The summed E-state index contributed by atoms with van der Waals surface area (Å²) in [5.41, 5.74) is 1.75. The van der Waals surface area contributed by atoms with Crippen molar-refractivity contribution in [3.63, 3.8) is 0 Å². The fourth-order valence-electron chi connectivity index (χ4n) is 2.20. The highest BCUT2D eigenvalue weighted by Crippen LogP contribution is 2.23. The summed E-state index contributed by atoms with van der Waals surface area (Å²) in [5.74, 6) is 0.637. The number of benzene rings is 1. The molecule has 3 aromatic rings. The molecule has 0 aliphatic carbocycles. The lowest BCUT2D eigenvalue weighted by molar-refractivity contribution is -0.113. The Bertz CT molecular complexity index is 983. The second kappa shape index (κ2) is 7.99. The van der Waals surface area contributed by atoms with E-state index in [1.165, 1.54) is 11.8 Å². The van der Waals surface area contributed by atoms with E-state index in [-0.39, 0.29) is 11.7 Å². The van der Waals surface area contributed by atoms with Crippen molar-refractivity contribution in [2.24, 2.45) is 7.05 Å². The van der Waals surface area contributed by atoms with Crippen LogP contribution in [0.4, 0.5) is 5.69 Å². The minimum absolute atomic E-state index is 0.163. The maximum Gasteiger partial charge on any atom is 0.234 e. The summed E-state index contributed by atoms with van der Waals surface area (Å²) in [6.45, 7) is 0. The summed E-state index contributed by atoms with van der Waals surface area (Å²) < 4.78 is 1.81. The molecule has 0 fully saturated rings. The fraction of sp³-hybridized carbons (Fsp3) is 0.118. The molecule has 0 saturated heterocycles. The van der Waals surface area contributed by atoms with Crippen LogP contribution in [0, 0.1) is 11.3 Å². The Morgan fingerprint density at radius 3 is 2.92 bits per heavy atom. The van der Waals surface area contributed by atoms with Crippen molar-refractivity contribution in [3.8, 4) is 17.5 Å². The first-order chi connectivity index (χ1) is 12.6. The van der Waals surface area contributed by atoms with Crippen LogP contribution in [-0.2, 0) is 11.8 Å². The van der Waals surface area contributed by atoms with Gasteiger partial charge < -0.3 is 9.88 Å². The molecule has 0 saturated carbocycles. The maximum absolute atomic E-state index is 12.1. The van der Waals surface area contributed by atoms with Crippen LogP contribution in [0.15, 0.2) is 47.9 Å². The smallest absolute Gasteiger partial charge is 0.234 e. The van der Waals surface area contributed by atoms with Crippen molar-refractivity contribution in [3.05, 3.63) is 53.3 Å². The van der Waals surface area contributed by atoms with Gasteiger partial charge in [-0.05, 0) is 30.3 Å². The normalized spacial score (nSPS) is 10.3.